The highest BCUT2D eigenvalue weighted by atomic mass is 16.5. The summed E-state index contributed by atoms with van der Waals surface area (Å²) < 4.78 is 10.1. The van der Waals surface area contributed by atoms with Gasteiger partial charge in [-0.15, -0.1) is 0 Å². The van der Waals surface area contributed by atoms with Crippen LogP contribution in [0.3, 0.4) is 0 Å². The summed E-state index contributed by atoms with van der Waals surface area (Å²) in [7, 11) is 3.21. The molecule has 0 saturated carbocycles. The van der Waals surface area contributed by atoms with Gasteiger partial charge >= 0.3 is 0 Å². The van der Waals surface area contributed by atoms with Crippen LogP contribution in [0.1, 0.15) is 5.56 Å². The molecule has 0 spiro atoms. The standard InChI is InChI=1S/C13H19NO4/c1-17-7-6-14(10-13(15)16)9-11-4-3-5-12(8-11)18-2/h3-5,8H,6-7,9-10H2,1-2H3,(H,15,16). The molecule has 1 aromatic rings. The Morgan fingerprint density at radius 2 is 2.17 bits per heavy atom. The number of carboxylic acids is 1. The highest BCUT2D eigenvalue weighted by Gasteiger charge is 2.10. The lowest BCUT2D eigenvalue weighted by Crippen LogP contribution is -3.12. The first-order valence-electron chi connectivity index (χ1n) is 5.81. The molecular formula is C13H19NO4. The number of benzene rings is 1. The Kier molecular flexibility index (Phi) is 6.18. The summed E-state index contributed by atoms with van der Waals surface area (Å²) in [5.74, 6) is -0.281. The molecule has 5 nitrogen and oxygen atoms in total. The average molecular weight is 253 g/mol. The number of nitrogens with one attached hydrogen (secondary N) is 1. The second-order valence-electron chi connectivity index (χ2n) is 4.07. The summed E-state index contributed by atoms with van der Waals surface area (Å²) in [6.45, 7) is 1.73. The zero-order valence-electron chi connectivity index (χ0n) is 10.8. The first kappa shape index (κ1) is 14.5. The fourth-order valence-electron chi connectivity index (χ4n) is 1.76. The van der Waals surface area contributed by atoms with Crippen molar-refractivity contribution in [3.05, 3.63) is 29.8 Å². The summed E-state index contributed by atoms with van der Waals surface area (Å²) >= 11 is 0. The van der Waals surface area contributed by atoms with E-state index in [9.17, 15) is 9.90 Å². The maximum absolute atomic E-state index is 10.7. The van der Waals surface area contributed by atoms with Gasteiger partial charge in [0.15, 0.2) is 0 Å². The van der Waals surface area contributed by atoms with Crippen LogP contribution in [0.2, 0.25) is 0 Å². The monoisotopic (exact) mass is 253 g/mol. The van der Waals surface area contributed by atoms with Crippen molar-refractivity contribution in [3.63, 3.8) is 0 Å². The number of methoxy groups -OCH3 is 2. The quantitative estimate of drug-likeness (QED) is 0.611. The van der Waals surface area contributed by atoms with E-state index < -0.39 is 5.97 Å². The molecule has 1 aromatic carbocycles. The van der Waals surface area contributed by atoms with Crippen LogP contribution in [0, 0.1) is 0 Å². The van der Waals surface area contributed by atoms with Gasteiger partial charge in [0.25, 0.3) is 0 Å². The van der Waals surface area contributed by atoms with Crippen molar-refractivity contribution in [3.8, 4) is 5.75 Å². The van der Waals surface area contributed by atoms with E-state index in [1.807, 2.05) is 24.3 Å². The molecular weight excluding hydrogens is 234 g/mol. The Balaban J connectivity index is 2.65. The Bertz CT molecular complexity index is 381. The van der Waals surface area contributed by atoms with E-state index in [2.05, 4.69) is 0 Å². The largest absolute Gasteiger partial charge is 0.544 e. The fraction of sp³-hybridized carbons (Fsp3) is 0.462. The minimum Gasteiger partial charge on any atom is -0.544 e. The molecule has 0 heterocycles. The van der Waals surface area contributed by atoms with E-state index in [1.165, 1.54) is 0 Å². The van der Waals surface area contributed by atoms with Gasteiger partial charge in [-0.2, -0.15) is 0 Å². The van der Waals surface area contributed by atoms with Crippen molar-refractivity contribution < 1.29 is 24.3 Å². The number of hydrogen-bond acceptors (Lipinski definition) is 4. The van der Waals surface area contributed by atoms with E-state index in [4.69, 9.17) is 9.47 Å². The first-order chi connectivity index (χ1) is 8.65. The van der Waals surface area contributed by atoms with Gasteiger partial charge in [-0.05, 0) is 12.1 Å². The summed E-state index contributed by atoms with van der Waals surface area (Å²) in [5.41, 5.74) is 1.03. The molecule has 100 valence electrons. The molecule has 1 unspecified atom stereocenters. The molecule has 1 rings (SSSR count). The Hall–Kier alpha value is -1.59. The van der Waals surface area contributed by atoms with Crippen LogP contribution in [0.15, 0.2) is 24.3 Å². The van der Waals surface area contributed by atoms with E-state index >= 15 is 0 Å². The highest BCUT2D eigenvalue weighted by molar-refractivity contribution is 5.65. The van der Waals surface area contributed by atoms with Gasteiger partial charge in [0, 0.05) is 12.7 Å². The van der Waals surface area contributed by atoms with Crippen molar-refractivity contribution in [1.82, 2.24) is 0 Å². The molecule has 0 aliphatic rings. The van der Waals surface area contributed by atoms with Crippen molar-refractivity contribution in [2.75, 3.05) is 33.9 Å². The third kappa shape index (κ3) is 5.16. The number of ether oxygens (including phenoxy) is 2. The Morgan fingerprint density at radius 1 is 1.39 bits per heavy atom. The number of aliphatic carboxylic acids is 1. The van der Waals surface area contributed by atoms with Gasteiger partial charge in [-0.3, -0.25) is 0 Å². The van der Waals surface area contributed by atoms with Crippen molar-refractivity contribution in [2.24, 2.45) is 0 Å². The minimum absolute atomic E-state index is 0.0272. The van der Waals surface area contributed by atoms with Gasteiger partial charge in [0.05, 0.1) is 19.7 Å². The minimum atomic E-state index is -1.05. The molecule has 0 aromatic heterocycles. The average Bonchev–Trinajstić information content (AvgIpc) is 2.35. The Labute approximate surface area is 107 Å². The highest BCUT2D eigenvalue weighted by Crippen LogP contribution is 2.11. The van der Waals surface area contributed by atoms with Crippen LogP contribution >= 0.6 is 0 Å². The fourth-order valence-corrected chi connectivity index (χ4v) is 1.76. The summed E-state index contributed by atoms with van der Waals surface area (Å²) in [6.07, 6.45) is 0. The van der Waals surface area contributed by atoms with Crippen molar-refractivity contribution in [2.45, 2.75) is 6.54 Å². The molecule has 1 N–H and O–H groups in total. The summed E-state index contributed by atoms with van der Waals surface area (Å²) in [5, 5.41) is 10.7. The van der Waals surface area contributed by atoms with Crippen molar-refractivity contribution in [1.29, 1.82) is 0 Å². The normalized spacial score (nSPS) is 12.1. The molecule has 0 bridgehead atoms. The molecule has 0 radical (unpaired) electrons. The van der Waals surface area contributed by atoms with Gasteiger partial charge in [0.1, 0.15) is 25.4 Å². The van der Waals surface area contributed by atoms with Crippen LogP contribution in [0.4, 0.5) is 0 Å². The predicted octanol–water partition coefficient (Wildman–Crippen LogP) is -1.52. The molecule has 0 aliphatic heterocycles. The van der Waals surface area contributed by atoms with E-state index in [0.29, 0.717) is 19.7 Å². The van der Waals surface area contributed by atoms with Crippen LogP contribution in [-0.4, -0.2) is 39.9 Å². The van der Waals surface area contributed by atoms with Crippen LogP contribution < -0.4 is 14.7 Å². The van der Waals surface area contributed by atoms with E-state index in [0.717, 1.165) is 16.2 Å². The van der Waals surface area contributed by atoms with Gasteiger partial charge < -0.3 is 24.3 Å². The lowest BCUT2D eigenvalue weighted by atomic mass is 10.2. The molecule has 0 saturated heterocycles. The number of quaternary nitrogens is 1. The van der Waals surface area contributed by atoms with Crippen molar-refractivity contribution >= 4 is 5.97 Å². The van der Waals surface area contributed by atoms with Gasteiger partial charge in [-0.25, -0.2) is 0 Å². The maximum Gasteiger partial charge on any atom is 0.119 e. The predicted molar refractivity (Wildman–Crippen MR) is 64.3 cm³/mol. The molecule has 0 fully saturated rings. The third-order valence-electron chi connectivity index (χ3n) is 2.64. The molecule has 18 heavy (non-hydrogen) atoms. The number of rotatable bonds is 8. The second kappa shape index (κ2) is 7.68. The van der Waals surface area contributed by atoms with Crippen LogP contribution in [0.5, 0.6) is 5.75 Å². The van der Waals surface area contributed by atoms with E-state index in [-0.39, 0.29) is 6.54 Å². The van der Waals surface area contributed by atoms with Gasteiger partial charge in [-0.1, -0.05) is 12.1 Å². The van der Waals surface area contributed by atoms with Crippen LogP contribution in [-0.2, 0) is 16.1 Å². The summed E-state index contributed by atoms with van der Waals surface area (Å²) in [6, 6.07) is 7.60. The Morgan fingerprint density at radius 3 is 2.78 bits per heavy atom. The zero-order valence-corrected chi connectivity index (χ0v) is 10.8. The number of carboxylic acid groups (broad SMARTS) is 1. The van der Waals surface area contributed by atoms with E-state index in [1.54, 1.807) is 14.2 Å². The maximum atomic E-state index is 10.7. The number of hydrogen-bond donors (Lipinski definition) is 1. The smallest absolute Gasteiger partial charge is 0.119 e. The number of carbonyl (C=O) groups is 1. The lowest BCUT2D eigenvalue weighted by Gasteiger charge is -2.19. The lowest BCUT2D eigenvalue weighted by molar-refractivity contribution is -0.908. The zero-order chi connectivity index (χ0) is 13.4. The second-order valence-corrected chi connectivity index (χ2v) is 4.07. The molecule has 1 atom stereocenters. The number of carbonyl (C=O) groups excluding carboxylic acids is 1. The topological polar surface area (TPSA) is 63.0 Å². The summed E-state index contributed by atoms with van der Waals surface area (Å²) in [4.78, 5) is 11.6. The molecule has 0 aliphatic carbocycles. The molecule has 5 heteroatoms. The van der Waals surface area contributed by atoms with Gasteiger partial charge in [0.2, 0.25) is 0 Å². The molecule has 0 amide bonds. The third-order valence-corrected chi connectivity index (χ3v) is 2.64. The van der Waals surface area contributed by atoms with Crippen LogP contribution in [0.25, 0.3) is 0 Å². The SMILES string of the molecule is COCC[NH+](CC(=O)[O-])Cc1cccc(OC)c1. The first-order valence-corrected chi connectivity index (χ1v) is 5.81.